The number of benzene rings is 1. The van der Waals surface area contributed by atoms with Crippen molar-refractivity contribution in [3.05, 3.63) is 78.4 Å². The first-order valence-electron chi connectivity index (χ1n) is 5.75. The molecule has 0 atom stereocenters. The number of ketones is 1. The molecule has 3 nitrogen and oxygen atoms in total. The van der Waals surface area contributed by atoms with Crippen molar-refractivity contribution in [1.82, 2.24) is 5.32 Å². The van der Waals surface area contributed by atoms with Crippen LogP contribution in [-0.2, 0) is 11.3 Å². The van der Waals surface area contributed by atoms with E-state index in [1.54, 1.807) is 18.2 Å². The standard InChI is InChI=1S/C16H17NO2.H2/c1-5-12(3)17-11-13-7-9-14(10-8-13)16(18)15(6-2)19-4;/h5,7-10,17H,1-3,11H2,4H3;1H. The van der Waals surface area contributed by atoms with Gasteiger partial charge in [0.15, 0.2) is 0 Å². The molecule has 0 radical (unpaired) electrons. The van der Waals surface area contributed by atoms with Gasteiger partial charge in [-0.1, -0.05) is 49.7 Å². The predicted octanol–water partition coefficient (Wildman–Crippen LogP) is 3.22. The van der Waals surface area contributed by atoms with Crippen LogP contribution in [0.3, 0.4) is 0 Å². The minimum absolute atomic E-state index is 0. The molecule has 19 heavy (non-hydrogen) atoms. The number of allylic oxidation sites excluding steroid dienone is 2. The van der Waals surface area contributed by atoms with E-state index in [4.69, 9.17) is 4.74 Å². The molecule has 1 rings (SSSR count). The van der Waals surface area contributed by atoms with Crippen molar-refractivity contribution >= 4 is 5.78 Å². The summed E-state index contributed by atoms with van der Waals surface area (Å²) in [6, 6.07) is 7.22. The van der Waals surface area contributed by atoms with Crippen LogP contribution in [0, 0.1) is 0 Å². The summed E-state index contributed by atoms with van der Waals surface area (Å²) in [7, 11) is 1.42. The highest BCUT2D eigenvalue weighted by Crippen LogP contribution is 2.10. The first-order valence-corrected chi connectivity index (χ1v) is 5.75. The zero-order valence-corrected chi connectivity index (χ0v) is 11.0. The first-order chi connectivity index (χ1) is 9.12. The van der Waals surface area contributed by atoms with Crippen molar-refractivity contribution in [1.29, 1.82) is 0 Å². The molecular formula is C16H19NO2. The summed E-state index contributed by atoms with van der Waals surface area (Å²) in [5.41, 5.74) is 4.82. The van der Waals surface area contributed by atoms with Crippen LogP contribution < -0.4 is 5.32 Å². The smallest absolute Gasteiger partial charge is 0.235 e. The summed E-state index contributed by atoms with van der Waals surface area (Å²) in [6.45, 7) is 11.4. The Bertz CT molecular complexity index is 540. The Hall–Kier alpha value is -2.51. The molecule has 100 valence electrons. The third-order valence-electron chi connectivity index (χ3n) is 2.55. The van der Waals surface area contributed by atoms with Gasteiger partial charge in [-0.25, -0.2) is 0 Å². The summed E-state index contributed by atoms with van der Waals surface area (Å²) >= 11 is 0. The third kappa shape index (κ3) is 4.02. The van der Waals surface area contributed by atoms with Crippen LogP contribution in [0.25, 0.3) is 0 Å². The number of hydrogen-bond donors (Lipinski definition) is 1. The quantitative estimate of drug-likeness (QED) is 0.268. The summed E-state index contributed by atoms with van der Waals surface area (Å²) < 4.78 is 4.90. The van der Waals surface area contributed by atoms with Gasteiger partial charge in [0, 0.05) is 19.2 Å². The molecule has 0 aliphatic carbocycles. The van der Waals surface area contributed by atoms with Gasteiger partial charge in [0.25, 0.3) is 0 Å². The number of hydrogen-bond acceptors (Lipinski definition) is 3. The number of methoxy groups -OCH3 is 1. The Labute approximate surface area is 115 Å². The van der Waals surface area contributed by atoms with Gasteiger partial charge in [-0.05, 0) is 11.6 Å². The second-order valence-electron chi connectivity index (χ2n) is 3.82. The summed E-state index contributed by atoms with van der Waals surface area (Å²) in [5.74, 6) is -0.113. The van der Waals surface area contributed by atoms with Crippen LogP contribution in [0.4, 0.5) is 0 Å². The monoisotopic (exact) mass is 257 g/mol. The molecule has 1 N–H and O–H groups in total. The van der Waals surface area contributed by atoms with E-state index < -0.39 is 0 Å². The number of ether oxygens (including phenoxy) is 1. The molecule has 0 bridgehead atoms. The molecule has 0 amide bonds. The molecule has 0 saturated heterocycles. The summed E-state index contributed by atoms with van der Waals surface area (Å²) in [5, 5.41) is 3.09. The Morgan fingerprint density at radius 3 is 2.58 bits per heavy atom. The number of nitrogens with one attached hydrogen (secondary N) is 1. The van der Waals surface area contributed by atoms with Crippen molar-refractivity contribution in [3.63, 3.8) is 0 Å². The van der Waals surface area contributed by atoms with Gasteiger partial charge in [0.05, 0.1) is 7.11 Å². The molecule has 0 aliphatic heterocycles. The van der Waals surface area contributed by atoms with Gasteiger partial charge in [0.2, 0.25) is 11.5 Å². The highest BCUT2D eigenvalue weighted by molar-refractivity contribution is 6.07. The van der Waals surface area contributed by atoms with Crippen molar-refractivity contribution in [3.8, 4) is 0 Å². The normalized spacial score (nSPS) is 9.11. The highest BCUT2D eigenvalue weighted by Gasteiger charge is 2.11. The fourth-order valence-electron chi connectivity index (χ4n) is 1.44. The van der Waals surface area contributed by atoms with E-state index in [9.17, 15) is 4.79 Å². The first kappa shape index (κ1) is 14.6. The zero-order valence-electron chi connectivity index (χ0n) is 11.0. The van der Waals surface area contributed by atoms with E-state index in [0.29, 0.717) is 12.1 Å². The average Bonchev–Trinajstić information content (AvgIpc) is 2.46. The maximum absolute atomic E-state index is 11.9. The van der Waals surface area contributed by atoms with E-state index in [1.165, 1.54) is 7.11 Å². The topological polar surface area (TPSA) is 38.3 Å². The van der Waals surface area contributed by atoms with Crippen molar-refractivity contribution in [2.24, 2.45) is 0 Å². The minimum Gasteiger partial charge on any atom is -0.486 e. The van der Waals surface area contributed by atoms with E-state index >= 15 is 0 Å². The van der Waals surface area contributed by atoms with Crippen molar-refractivity contribution < 1.29 is 11.0 Å². The Morgan fingerprint density at radius 1 is 1.47 bits per heavy atom. The minimum atomic E-state index is -0.229. The Kier molecular flexibility index (Phi) is 5.39. The lowest BCUT2D eigenvalue weighted by atomic mass is 10.1. The fourth-order valence-corrected chi connectivity index (χ4v) is 1.44. The molecule has 1 aromatic carbocycles. The van der Waals surface area contributed by atoms with E-state index in [1.807, 2.05) is 12.1 Å². The van der Waals surface area contributed by atoms with Crippen LogP contribution in [0.1, 0.15) is 17.3 Å². The molecule has 0 spiro atoms. The molecule has 0 fully saturated rings. The largest absolute Gasteiger partial charge is 0.486 e. The van der Waals surface area contributed by atoms with Crippen LogP contribution in [-0.4, -0.2) is 12.9 Å². The lowest BCUT2D eigenvalue weighted by Gasteiger charge is -2.07. The highest BCUT2D eigenvalue weighted by atomic mass is 16.5. The molecule has 0 aromatic heterocycles. The predicted molar refractivity (Wildman–Crippen MR) is 78.7 cm³/mol. The molecule has 0 unspecified atom stereocenters. The SMILES string of the molecule is C=C=C(OC)C(=O)c1ccc(CNC(=C)C=C)cc1.[HH]. The van der Waals surface area contributed by atoms with Gasteiger partial charge < -0.3 is 10.1 Å². The molecule has 3 heteroatoms. The lowest BCUT2D eigenvalue weighted by Crippen LogP contribution is -2.10. The van der Waals surface area contributed by atoms with Crippen LogP contribution in [0.5, 0.6) is 0 Å². The molecular weight excluding hydrogens is 238 g/mol. The second kappa shape index (κ2) is 7.04. The van der Waals surface area contributed by atoms with E-state index in [2.05, 4.69) is 30.8 Å². The van der Waals surface area contributed by atoms with Gasteiger partial charge in [-0.15, -0.1) is 0 Å². The summed E-state index contributed by atoms with van der Waals surface area (Å²) in [4.78, 5) is 11.9. The van der Waals surface area contributed by atoms with E-state index in [0.717, 1.165) is 11.3 Å². The van der Waals surface area contributed by atoms with Gasteiger partial charge in [-0.2, -0.15) is 0 Å². The van der Waals surface area contributed by atoms with Crippen LogP contribution in [0.15, 0.2) is 67.3 Å². The van der Waals surface area contributed by atoms with Gasteiger partial charge >= 0.3 is 0 Å². The molecule has 1 aromatic rings. The summed E-state index contributed by atoms with van der Waals surface area (Å²) in [6.07, 6.45) is 1.65. The second-order valence-corrected chi connectivity index (χ2v) is 3.82. The number of Topliss-reactive ketones (excluding diaryl/α,β-unsaturated/α-hetero) is 1. The Morgan fingerprint density at radius 2 is 2.11 bits per heavy atom. The number of carbonyl (C=O) groups is 1. The molecule has 0 heterocycles. The van der Waals surface area contributed by atoms with E-state index in [-0.39, 0.29) is 13.0 Å². The molecule has 0 aliphatic rings. The van der Waals surface area contributed by atoms with Crippen LogP contribution >= 0.6 is 0 Å². The van der Waals surface area contributed by atoms with Crippen LogP contribution in [0.2, 0.25) is 0 Å². The fraction of sp³-hybridized carbons (Fsp3) is 0.125. The Balaban J connectivity index is 0.00000361. The average molecular weight is 257 g/mol. The third-order valence-corrected chi connectivity index (χ3v) is 2.55. The lowest BCUT2D eigenvalue weighted by molar-refractivity contribution is 0.0954. The zero-order chi connectivity index (χ0) is 14.3. The van der Waals surface area contributed by atoms with Gasteiger partial charge in [0.1, 0.15) is 0 Å². The van der Waals surface area contributed by atoms with Crippen molar-refractivity contribution in [2.75, 3.05) is 7.11 Å². The number of rotatable bonds is 7. The maximum Gasteiger partial charge on any atom is 0.235 e. The van der Waals surface area contributed by atoms with Crippen molar-refractivity contribution in [2.45, 2.75) is 6.54 Å². The van der Waals surface area contributed by atoms with Gasteiger partial charge in [-0.3, -0.25) is 4.79 Å². The molecule has 0 saturated carbocycles. The maximum atomic E-state index is 11.9. The number of carbonyl (C=O) groups excluding carboxylic acids is 1.